The average molecular weight is 227 g/mol. The highest BCUT2D eigenvalue weighted by atomic mass is 16.1. The number of fused-ring (bicyclic) bond motifs is 1. The summed E-state index contributed by atoms with van der Waals surface area (Å²) in [6.07, 6.45) is 5.88. The number of hydrogen-bond acceptors (Lipinski definition) is 3. The van der Waals surface area contributed by atoms with Crippen LogP contribution in [0, 0.1) is 6.92 Å². The lowest BCUT2D eigenvalue weighted by molar-refractivity contribution is 0.0972. The molecular formula is C13H13N3O. The van der Waals surface area contributed by atoms with Crippen LogP contribution in [-0.4, -0.2) is 20.5 Å². The van der Waals surface area contributed by atoms with E-state index >= 15 is 0 Å². The maximum Gasteiger partial charge on any atom is 0.166 e. The van der Waals surface area contributed by atoms with Gasteiger partial charge in [0.25, 0.3) is 0 Å². The molecule has 4 nitrogen and oxygen atoms in total. The molecule has 0 aliphatic heterocycles. The van der Waals surface area contributed by atoms with Gasteiger partial charge >= 0.3 is 0 Å². The second kappa shape index (κ2) is 3.80. The molecular weight excluding hydrogens is 214 g/mol. The van der Waals surface area contributed by atoms with Gasteiger partial charge in [-0.15, -0.1) is 0 Å². The van der Waals surface area contributed by atoms with Gasteiger partial charge in [0.15, 0.2) is 11.6 Å². The first-order valence-corrected chi connectivity index (χ1v) is 5.79. The molecule has 17 heavy (non-hydrogen) atoms. The molecule has 86 valence electrons. The molecule has 2 aromatic rings. The van der Waals surface area contributed by atoms with Crippen molar-refractivity contribution in [1.82, 2.24) is 14.8 Å². The fraction of sp³-hybridized carbons (Fsp3) is 0.308. The average Bonchev–Trinajstić information content (AvgIpc) is 2.74. The zero-order valence-corrected chi connectivity index (χ0v) is 9.68. The number of Topliss-reactive ketones (excluding diaryl/α,β-unsaturated/α-hetero) is 1. The van der Waals surface area contributed by atoms with Crippen molar-refractivity contribution < 1.29 is 4.79 Å². The lowest BCUT2D eigenvalue weighted by Gasteiger charge is -2.12. The van der Waals surface area contributed by atoms with Gasteiger partial charge in [0.2, 0.25) is 0 Å². The first-order valence-electron chi connectivity index (χ1n) is 5.79. The van der Waals surface area contributed by atoms with Crippen molar-refractivity contribution in [3.8, 4) is 5.82 Å². The number of aromatic nitrogens is 3. The zero-order valence-electron chi connectivity index (χ0n) is 9.68. The summed E-state index contributed by atoms with van der Waals surface area (Å²) in [5.74, 6) is 0.992. The third kappa shape index (κ3) is 1.65. The molecule has 0 atom stereocenters. The topological polar surface area (TPSA) is 47.8 Å². The molecule has 2 heterocycles. The molecule has 2 aromatic heterocycles. The van der Waals surface area contributed by atoms with E-state index < -0.39 is 0 Å². The summed E-state index contributed by atoms with van der Waals surface area (Å²) in [5, 5.41) is 4.29. The molecule has 0 spiro atoms. The van der Waals surface area contributed by atoms with Crippen LogP contribution in [0.2, 0.25) is 0 Å². The highest BCUT2D eigenvalue weighted by molar-refractivity contribution is 5.97. The molecule has 0 amide bonds. The number of carbonyl (C=O) groups excluding carboxylic acids is 1. The van der Waals surface area contributed by atoms with Crippen molar-refractivity contribution in [1.29, 1.82) is 0 Å². The minimum Gasteiger partial charge on any atom is -0.294 e. The normalized spacial score (nSPS) is 14.8. The van der Waals surface area contributed by atoms with E-state index in [0.717, 1.165) is 35.5 Å². The predicted octanol–water partition coefficient (Wildman–Crippen LogP) is 2.09. The number of ketones is 1. The van der Waals surface area contributed by atoms with Gasteiger partial charge in [-0.05, 0) is 37.5 Å². The van der Waals surface area contributed by atoms with Crippen LogP contribution >= 0.6 is 0 Å². The van der Waals surface area contributed by atoms with E-state index in [-0.39, 0.29) is 5.78 Å². The monoisotopic (exact) mass is 227 g/mol. The van der Waals surface area contributed by atoms with Crippen LogP contribution in [0.25, 0.3) is 5.82 Å². The van der Waals surface area contributed by atoms with E-state index in [4.69, 9.17) is 0 Å². The first kappa shape index (κ1) is 10.2. The summed E-state index contributed by atoms with van der Waals surface area (Å²) >= 11 is 0. The Morgan fingerprint density at radius 3 is 3.06 bits per heavy atom. The Morgan fingerprint density at radius 2 is 2.24 bits per heavy atom. The van der Waals surface area contributed by atoms with Crippen molar-refractivity contribution in [2.24, 2.45) is 0 Å². The second-order valence-corrected chi connectivity index (χ2v) is 4.38. The lowest BCUT2D eigenvalue weighted by atomic mass is 9.97. The molecule has 1 aliphatic carbocycles. The van der Waals surface area contributed by atoms with Gasteiger partial charge in [0, 0.05) is 12.6 Å². The van der Waals surface area contributed by atoms with Crippen molar-refractivity contribution in [2.45, 2.75) is 26.2 Å². The van der Waals surface area contributed by atoms with E-state index in [2.05, 4.69) is 10.1 Å². The molecule has 0 bridgehead atoms. The highest BCUT2D eigenvalue weighted by Crippen LogP contribution is 2.22. The first-order chi connectivity index (χ1) is 8.25. The minimum atomic E-state index is 0.199. The van der Waals surface area contributed by atoms with E-state index in [1.807, 2.05) is 19.1 Å². The molecule has 0 aromatic carbocycles. The maximum absolute atomic E-state index is 11.7. The van der Waals surface area contributed by atoms with E-state index in [9.17, 15) is 4.79 Å². The van der Waals surface area contributed by atoms with Crippen LogP contribution in [-0.2, 0) is 6.42 Å². The Morgan fingerprint density at radius 1 is 1.35 bits per heavy atom. The zero-order chi connectivity index (χ0) is 11.8. The van der Waals surface area contributed by atoms with Crippen LogP contribution in [0.5, 0.6) is 0 Å². The summed E-state index contributed by atoms with van der Waals surface area (Å²) in [7, 11) is 0. The van der Waals surface area contributed by atoms with Crippen LogP contribution in [0.4, 0.5) is 0 Å². The quantitative estimate of drug-likeness (QED) is 0.749. The van der Waals surface area contributed by atoms with Gasteiger partial charge in [-0.3, -0.25) is 4.79 Å². The minimum absolute atomic E-state index is 0.199. The van der Waals surface area contributed by atoms with Crippen molar-refractivity contribution in [3.63, 3.8) is 0 Å². The SMILES string of the molecule is Cc1ccnc(-n2ncc3c2CCCC3=O)c1. The number of nitrogens with zero attached hydrogens (tertiary/aromatic N) is 3. The molecule has 3 rings (SSSR count). The maximum atomic E-state index is 11.7. The van der Waals surface area contributed by atoms with E-state index in [1.54, 1.807) is 17.1 Å². The van der Waals surface area contributed by atoms with Crippen LogP contribution in [0.3, 0.4) is 0 Å². The summed E-state index contributed by atoms with van der Waals surface area (Å²) in [5.41, 5.74) is 2.90. The van der Waals surface area contributed by atoms with Gasteiger partial charge < -0.3 is 0 Å². The molecule has 0 N–H and O–H groups in total. The fourth-order valence-electron chi connectivity index (χ4n) is 2.23. The molecule has 0 radical (unpaired) electrons. The van der Waals surface area contributed by atoms with Crippen LogP contribution in [0.1, 0.15) is 34.5 Å². The Kier molecular flexibility index (Phi) is 2.28. The number of aryl methyl sites for hydroxylation is 1. The third-order valence-electron chi connectivity index (χ3n) is 3.10. The Bertz CT molecular complexity index is 586. The predicted molar refractivity (Wildman–Crippen MR) is 63.4 cm³/mol. The Labute approximate surface area is 99.3 Å². The largest absolute Gasteiger partial charge is 0.294 e. The number of pyridine rings is 1. The smallest absolute Gasteiger partial charge is 0.166 e. The highest BCUT2D eigenvalue weighted by Gasteiger charge is 2.22. The standard InChI is InChI=1S/C13H13N3O/c1-9-5-6-14-13(7-9)16-11-3-2-4-12(17)10(11)8-15-16/h5-8H,2-4H2,1H3. The molecule has 0 saturated carbocycles. The van der Waals surface area contributed by atoms with Crippen LogP contribution in [0.15, 0.2) is 24.5 Å². The number of rotatable bonds is 1. The van der Waals surface area contributed by atoms with Crippen LogP contribution < -0.4 is 0 Å². The van der Waals surface area contributed by atoms with Crippen molar-refractivity contribution in [3.05, 3.63) is 41.3 Å². The molecule has 0 fully saturated rings. The summed E-state index contributed by atoms with van der Waals surface area (Å²) in [6, 6.07) is 3.93. The molecule has 4 heteroatoms. The summed E-state index contributed by atoms with van der Waals surface area (Å²) in [6.45, 7) is 2.02. The van der Waals surface area contributed by atoms with Crippen molar-refractivity contribution in [2.75, 3.05) is 0 Å². The fourth-order valence-corrected chi connectivity index (χ4v) is 2.23. The van der Waals surface area contributed by atoms with Gasteiger partial charge in [-0.25, -0.2) is 9.67 Å². The number of carbonyl (C=O) groups is 1. The molecule has 1 aliphatic rings. The van der Waals surface area contributed by atoms with E-state index in [0.29, 0.717) is 6.42 Å². The van der Waals surface area contributed by atoms with Gasteiger partial charge in [-0.2, -0.15) is 5.10 Å². The Hall–Kier alpha value is -1.97. The summed E-state index contributed by atoms with van der Waals surface area (Å²) in [4.78, 5) is 16.0. The molecule has 0 unspecified atom stereocenters. The van der Waals surface area contributed by atoms with Gasteiger partial charge in [0.05, 0.1) is 17.5 Å². The summed E-state index contributed by atoms with van der Waals surface area (Å²) < 4.78 is 1.79. The van der Waals surface area contributed by atoms with Gasteiger partial charge in [-0.1, -0.05) is 0 Å². The lowest BCUT2D eigenvalue weighted by Crippen LogP contribution is -2.13. The van der Waals surface area contributed by atoms with Gasteiger partial charge in [0.1, 0.15) is 0 Å². The number of hydrogen-bond donors (Lipinski definition) is 0. The second-order valence-electron chi connectivity index (χ2n) is 4.38. The molecule has 0 saturated heterocycles. The van der Waals surface area contributed by atoms with E-state index in [1.165, 1.54) is 0 Å². The van der Waals surface area contributed by atoms with Crippen molar-refractivity contribution >= 4 is 5.78 Å². The third-order valence-corrected chi connectivity index (χ3v) is 3.10. The Balaban J connectivity index is 2.13.